The molecule has 2 aliphatic rings. The number of hydrogen-bond donors (Lipinski definition) is 0. The summed E-state index contributed by atoms with van der Waals surface area (Å²) in [7, 11) is 1.85. The number of nitrogens with zero attached hydrogens (tertiary/aromatic N) is 1. The van der Waals surface area contributed by atoms with E-state index in [0.29, 0.717) is 6.10 Å². The zero-order valence-electron chi connectivity index (χ0n) is 9.24. The maximum absolute atomic E-state index is 5.40. The molecule has 0 atom stereocenters. The Balaban J connectivity index is 1.76. The highest BCUT2D eigenvalue weighted by atomic mass is 16.5. The van der Waals surface area contributed by atoms with Crippen LogP contribution in [0.1, 0.15) is 38.5 Å². The maximum atomic E-state index is 5.40. The van der Waals surface area contributed by atoms with E-state index in [1.807, 2.05) is 7.11 Å². The van der Waals surface area contributed by atoms with Gasteiger partial charge in [0.1, 0.15) is 12.8 Å². The zero-order chi connectivity index (χ0) is 9.80. The van der Waals surface area contributed by atoms with Gasteiger partial charge in [0.2, 0.25) is 0 Å². The van der Waals surface area contributed by atoms with Gasteiger partial charge in [0, 0.05) is 26.2 Å². The first-order chi connectivity index (χ1) is 6.90. The van der Waals surface area contributed by atoms with Crippen LogP contribution in [0, 0.1) is 6.42 Å². The first-order valence-corrected chi connectivity index (χ1v) is 5.98. The van der Waals surface area contributed by atoms with E-state index in [4.69, 9.17) is 4.74 Å². The molecule has 0 bridgehead atoms. The quantitative estimate of drug-likeness (QED) is 0.628. The molecule has 1 saturated heterocycles. The average molecular weight is 196 g/mol. The molecule has 0 aromatic heterocycles. The molecule has 80 valence electrons. The van der Waals surface area contributed by atoms with Gasteiger partial charge in [-0.15, -0.1) is 0 Å². The number of rotatable bonds is 2. The van der Waals surface area contributed by atoms with E-state index < -0.39 is 0 Å². The van der Waals surface area contributed by atoms with E-state index >= 15 is 0 Å². The summed E-state index contributed by atoms with van der Waals surface area (Å²) in [5.74, 6) is 0. The van der Waals surface area contributed by atoms with Crippen molar-refractivity contribution in [3.05, 3.63) is 6.42 Å². The van der Waals surface area contributed by atoms with Crippen LogP contribution in [-0.2, 0) is 4.74 Å². The van der Waals surface area contributed by atoms with Gasteiger partial charge in [-0.3, -0.25) is 4.90 Å². The first kappa shape index (κ1) is 10.3. The van der Waals surface area contributed by atoms with Crippen LogP contribution < -0.4 is 0 Å². The fraction of sp³-hybridized carbons (Fsp3) is 0.917. The molecular formula is C12H22NO+. The molecule has 0 unspecified atom stereocenters. The van der Waals surface area contributed by atoms with Gasteiger partial charge in [0.05, 0.1) is 12.5 Å². The lowest BCUT2D eigenvalue weighted by Crippen LogP contribution is -2.42. The molecule has 14 heavy (non-hydrogen) atoms. The van der Waals surface area contributed by atoms with Crippen molar-refractivity contribution in [1.29, 1.82) is 0 Å². The van der Waals surface area contributed by atoms with Crippen molar-refractivity contribution in [3.8, 4) is 0 Å². The van der Waals surface area contributed by atoms with Crippen molar-refractivity contribution < 1.29 is 4.74 Å². The molecule has 0 radical (unpaired) electrons. The maximum Gasteiger partial charge on any atom is 0.100 e. The number of likely N-dealkylation sites (tertiary alicyclic amines) is 1. The molecule has 2 fully saturated rings. The molecule has 0 N–H and O–H groups in total. The lowest BCUT2D eigenvalue weighted by atomic mass is 9.91. The monoisotopic (exact) mass is 196 g/mol. The topological polar surface area (TPSA) is 12.5 Å². The molecule has 0 spiro atoms. The van der Waals surface area contributed by atoms with Gasteiger partial charge < -0.3 is 4.74 Å². The first-order valence-electron chi connectivity index (χ1n) is 5.98. The standard InChI is InChI=1S/C12H22NO/c1-14-12-7-5-11(6-8-12)13-9-3-2-4-10-13/h2,11-12H,3-10H2,1H3/q+1. The molecule has 1 saturated carbocycles. The van der Waals surface area contributed by atoms with E-state index in [-0.39, 0.29) is 0 Å². The van der Waals surface area contributed by atoms with Gasteiger partial charge in [0.15, 0.2) is 0 Å². The fourth-order valence-electron chi connectivity index (χ4n) is 2.78. The van der Waals surface area contributed by atoms with Crippen LogP contribution in [0.3, 0.4) is 0 Å². The van der Waals surface area contributed by atoms with Gasteiger partial charge in [-0.1, -0.05) is 0 Å². The minimum Gasteiger partial charge on any atom is -0.381 e. The third kappa shape index (κ3) is 2.43. The smallest absolute Gasteiger partial charge is 0.100 e. The van der Waals surface area contributed by atoms with Crippen LogP contribution in [0.15, 0.2) is 0 Å². The summed E-state index contributed by atoms with van der Waals surface area (Å²) in [6.07, 6.45) is 10.8. The lowest BCUT2D eigenvalue weighted by molar-refractivity contribution is 0.0363. The van der Waals surface area contributed by atoms with Crippen LogP contribution in [0.25, 0.3) is 0 Å². The average Bonchev–Trinajstić information content (AvgIpc) is 2.30. The van der Waals surface area contributed by atoms with E-state index in [2.05, 4.69) is 11.3 Å². The van der Waals surface area contributed by atoms with Crippen molar-refractivity contribution in [2.75, 3.05) is 20.2 Å². The Kier molecular flexibility index (Phi) is 3.71. The lowest BCUT2D eigenvalue weighted by Gasteiger charge is -2.36. The minimum atomic E-state index is 0.544. The van der Waals surface area contributed by atoms with Gasteiger partial charge in [-0.05, 0) is 25.7 Å². The molecule has 0 amide bonds. The van der Waals surface area contributed by atoms with Gasteiger partial charge >= 0.3 is 0 Å². The summed E-state index contributed by atoms with van der Waals surface area (Å²) < 4.78 is 5.40. The molecule has 1 heterocycles. The summed E-state index contributed by atoms with van der Waals surface area (Å²) >= 11 is 0. The van der Waals surface area contributed by atoms with E-state index in [1.165, 1.54) is 51.6 Å². The molecule has 2 nitrogen and oxygen atoms in total. The summed E-state index contributed by atoms with van der Waals surface area (Å²) in [6.45, 7) is 2.59. The molecule has 0 aromatic carbocycles. The van der Waals surface area contributed by atoms with Crippen molar-refractivity contribution in [1.82, 2.24) is 4.90 Å². The molecular weight excluding hydrogens is 174 g/mol. The van der Waals surface area contributed by atoms with Crippen molar-refractivity contribution in [3.63, 3.8) is 0 Å². The van der Waals surface area contributed by atoms with Crippen molar-refractivity contribution >= 4 is 0 Å². The van der Waals surface area contributed by atoms with Crippen LogP contribution in [0.4, 0.5) is 0 Å². The summed E-state index contributed by atoms with van der Waals surface area (Å²) in [4.78, 5) is 2.69. The third-order valence-electron chi connectivity index (χ3n) is 3.73. The highest BCUT2D eigenvalue weighted by Gasteiger charge is 2.28. The Morgan fingerprint density at radius 1 is 1.07 bits per heavy atom. The van der Waals surface area contributed by atoms with Crippen LogP contribution in [0.5, 0.6) is 0 Å². The zero-order valence-corrected chi connectivity index (χ0v) is 9.24. The minimum absolute atomic E-state index is 0.544. The normalized spacial score (nSPS) is 35.2. The second-order valence-corrected chi connectivity index (χ2v) is 4.57. The molecule has 2 heteroatoms. The third-order valence-corrected chi connectivity index (χ3v) is 3.73. The van der Waals surface area contributed by atoms with Gasteiger partial charge in [-0.25, -0.2) is 0 Å². The summed E-state index contributed by atoms with van der Waals surface area (Å²) in [5.41, 5.74) is 0. The van der Waals surface area contributed by atoms with Crippen molar-refractivity contribution in [2.45, 2.75) is 50.7 Å². The Labute approximate surface area is 87.6 Å². The molecule has 1 aliphatic heterocycles. The predicted molar refractivity (Wildman–Crippen MR) is 58.2 cm³/mol. The highest BCUT2D eigenvalue weighted by molar-refractivity contribution is 4.85. The molecule has 2 rings (SSSR count). The Hall–Kier alpha value is -0.210. The van der Waals surface area contributed by atoms with Crippen LogP contribution in [-0.4, -0.2) is 37.2 Å². The Bertz CT molecular complexity index is 158. The molecule has 1 aliphatic carbocycles. The Morgan fingerprint density at radius 2 is 1.71 bits per heavy atom. The molecule has 0 aromatic rings. The largest absolute Gasteiger partial charge is 0.381 e. The van der Waals surface area contributed by atoms with Gasteiger partial charge in [-0.2, -0.15) is 0 Å². The van der Waals surface area contributed by atoms with E-state index in [1.54, 1.807) is 0 Å². The SMILES string of the molecule is COC1CCC(N2CC[CH+]CC2)CC1. The van der Waals surface area contributed by atoms with Crippen molar-refractivity contribution in [2.24, 2.45) is 0 Å². The van der Waals surface area contributed by atoms with Crippen LogP contribution >= 0.6 is 0 Å². The fourth-order valence-corrected chi connectivity index (χ4v) is 2.78. The number of ether oxygens (including phenoxy) is 1. The number of methoxy groups -OCH3 is 1. The van der Waals surface area contributed by atoms with E-state index in [9.17, 15) is 0 Å². The number of piperidine rings is 1. The Morgan fingerprint density at radius 3 is 2.29 bits per heavy atom. The highest BCUT2D eigenvalue weighted by Crippen LogP contribution is 2.26. The van der Waals surface area contributed by atoms with E-state index in [0.717, 1.165) is 6.04 Å². The van der Waals surface area contributed by atoms with Gasteiger partial charge in [0.25, 0.3) is 0 Å². The second-order valence-electron chi connectivity index (χ2n) is 4.57. The second kappa shape index (κ2) is 5.04. The summed E-state index contributed by atoms with van der Waals surface area (Å²) in [5, 5.41) is 0. The summed E-state index contributed by atoms with van der Waals surface area (Å²) in [6, 6.07) is 0.857. The number of hydrogen-bond acceptors (Lipinski definition) is 2. The predicted octanol–water partition coefficient (Wildman–Crippen LogP) is 2.24. The van der Waals surface area contributed by atoms with Crippen LogP contribution in [0.2, 0.25) is 0 Å².